The third-order valence-corrected chi connectivity index (χ3v) is 5.31. The van der Waals surface area contributed by atoms with E-state index in [0.29, 0.717) is 0 Å². The molecule has 3 N–H and O–H groups in total. The van der Waals surface area contributed by atoms with E-state index in [1.54, 1.807) is 0 Å². The van der Waals surface area contributed by atoms with E-state index in [9.17, 15) is 9.59 Å². The van der Waals surface area contributed by atoms with Gasteiger partial charge in [0.15, 0.2) is 0 Å². The Kier molecular flexibility index (Phi) is 4.22. The first-order valence-corrected chi connectivity index (χ1v) is 8.65. The monoisotopic (exact) mass is 352 g/mol. The van der Waals surface area contributed by atoms with Crippen LogP contribution in [0, 0.1) is 5.92 Å². The van der Waals surface area contributed by atoms with Gasteiger partial charge >= 0.3 is 11.9 Å². The van der Waals surface area contributed by atoms with Gasteiger partial charge in [0.1, 0.15) is 12.6 Å². The van der Waals surface area contributed by atoms with Gasteiger partial charge in [0, 0.05) is 12.5 Å². The van der Waals surface area contributed by atoms with Gasteiger partial charge in [-0.1, -0.05) is 48.5 Å². The molecule has 0 spiro atoms. The zero-order valence-electron chi connectivity index (χ0n) is 14.2. The molecule has 0 aromatic heterocycles. The first kappa shape index (κ1) is 16.8. The molecule has 2 atom stereocenters. The highest BCUT2D eigenvalue weighted by Gasteiger charge is 2.40. The Bertz CT molecular complexity index is 821. The number of hydrogen-bond acceptors (Lipinski definition) is 5. The van der Waals surface area contributed by atoms with E-state index in [0.717, 1.165) is 11.1 Å². The quantitative estimate of drug-likeness (QED) is 0.646. The van der Waals surface area contributed by atoms with Crippen LogP contribution < -0.4 is 5.84 Å². The van der Waals surface area contributed by atoms with Crippen molar-refractivity contribution in [2.75, 3.05) is 13.2 Å². The van der Waals surface area contributed by atoms with Crippen molar-refractivity contribution in [3.63, 3.8) is 0 Å². The minimum atomic E-state index is -1.01. The van der Waals surface area contributed by atoms with Gasteiger partial charge in [-0.3, -0.25) is 15.4 Å². The summed E-state index contributed by atoms with van der Waals surface area (Å²) < 4.78 is 5.59. The van der Waals surface area contributed by atoms with Gasteiger partial charge < -0.3 is 9.84 Å². The Hall–Kier alpha value is -2.70. The van der Waals surface area contributed by atoms with Gasteiger partial charge in [0.2, 0.25) is 0 Å². The first-order valence-electron chi connectivity index (χ1n) is 8.65. The van der Waals surface area contributed by atoms with Crippen LogP contribution in [0.15, 0.2) is 48.5 Å². The number of rotatable bonds is 4. The van der Waals surface area contributed by atoms with Crippen LogP contribution >= 0.6 is 0 Å². The molecular weight excluding hydrogens is 332 g/mol. The number of esters is 1. The fourth-order valence-electron chi connectivity index (χ4n) is 4.00. The zero-order chi connectivity index (χ0) is 18.3. The maximum atomic E-state index is 12.4. The molecule has 6 nitrogen and oxygen atoms in total. The maximum absolute atomic E-state index is 12.4. The van der Waals surface area contributed by atoms with Crippen molar-refractivity contribution >= 4 is 11.9 Å². The highest BCUT2D eigenvalue weighted by molar-refractivity contribution is 5.80. The molecule has 2 unspecified atom stereocenters. The third-order valence-electron chi connectivity index (χ3n) is 5.31. The standard InChI is InChI=1S/C20H20N2O4/c21-22-10-12(9-18(22)19(23)24)20(25)26-11-17-15-7-3-1-5-13(15)14-6-2-4-8-16(14)17/h1-8,12,17-18H,9-11,21H2,(H,23,24). The van der Waals surface area contributed by atoms with Gasteiger partial charge in [-0.05, 0) is 28.7 Å². The molecule has 1 heterocycles. The van der Waals surface area contributed by atoms with E-state index in [2.05, 4.69) is 24.3 Å². The topological polar surface area (TPSA) is 92.9 Å². The Morgan fingerprint density at radius 2 is 1.65 bits per heavy atom. The van der Waals surface area contributed by atoms with E-state index >= 15 is 0 Å². The van der Waals surface area contributed by atoms with Crippen LogP contribution in [-0.2, 0) is 14.3 Å². The summed E-state index contributed by atoms with van der Waals surface area (Å²) >= 11 is 0. The number of hydrogen-bond donors (Lipinski definition) is 2. The lowest BCUT2D eigenvalue weighted by Gasteiger charge is -2.16. The van der Waals surface area contributed by atoms with Crippen LogP contribution in [0.25, 0.3) is 11.1 Å². The Labute approximate surface area is 151 Å². The van der Waals surface area contributed by atoms with E-state index in [-0.39, 0.29) is 31.5 Å². The molecule has 2 aromatic carbocycles. The molecule has 1 fully saturated rings. The van der Waals surface area contributed by atoms with Crippen LogP contribution in [0.2, 0.25) is 0 Å². The molecular formula is C20H20N2O4. The third kappa shape index (κ3) is 2.77. The molecule has 1 saturated heterocycles. The van der Waals surface area contributed by atoms with Crippen LogP contribution in [-0.4, -0.2) is 41.2 Å². The van der Waals surface area contributed by atoms with Crippen molar-refractivity contribution in [2.45, 2.75) is 18.4 Å². The highest BCUT2D eigenvalue weighted by Crippen LogP contribution is 2.44. The zero-order valence-corrected chi connectivity index (χ0v) is 14.2. The Morgan fingerprint density at radius 1 is 1.08 bits per heavy atom. The van der Waals surface area contributed by atoms with Gasteiger partial charge in [0.05, 0.1) is 5.92 Å². The van der Waals surface area contributed by atoms with Crippen molar-refractivity contribution in [1.29, 1.82) is 0 Å². The largest absolute Gasteiger partial charge is 0.480 e. The SMILES string of the molecule is NN1CC(C(=O)OCC2c3ccccc3-c3ccccc32)CC1C(=O)O. The normalized spacial score (nSPS) is 22.0. The Morgan fingerprint density at radius 3 is 2.19 bits per heavy atom. The van der Waals surface area contributed by atoms with Crippen molar-refractivity contribution in [1.82, 2.24) is 5.01 Å². The average Bonchev–Trinajstić information content (AvgIpc) is 3.18. The van der Waals surface area contributed by atoms with Gasteiger partial charge in [0.25, 0.3) is 0 Å². The van der Waals surface area contributed by atoms with E-state index in [1.165, 1.54) is 16.1 Å². The molecule has 6 heteroatoms. The molecule has 1 aliphatic carbocycles. The summed E-state index contributed by atoms with van der Waals surface area (Å²) in [7, 11) is 0. The van der Waals surface area contributed by atoms with Gasteiger partial charge in [-0.15, -0.1) is 0 Å². The minimum absolute atomic E-state index is 0.00277. The number of carbonyl (C=O) groups excluding carboxylic acids is 1. The summed E-state index contributed by atoms with van der Waals surface area (Å²) in [5.41, 5.74) is 4.64. The number of fused-ring (bicyclic) bond motifs is 3. The number of benzene rings is 2. The second-order valence-electron chi connectivity index (χ2n) is 6.84. The van der Waals surface area contributed by atoms with Crippen molar-refractivity contribution in [3.05, 3.63) is 59.7 Å². The van der Waals surface area contributed by atoms with Crippen LogP contribution in [0.5, 0.6) is 0 Å². The molecule has 134 valence electrons. The fourth-order valence-corrected chi connectivity index (χ4v) is 4.00. The number of aliphatic carboxylic acids is 1. The summed E-state index contributed by atoms with van der Waals surface area (Å²) in [6.45, 7) is 0.444. The van der Waals surface area contributed by atoms with Crippen molar-refractivity contribution in [3.8, 4) is 11.1 Å². The lowest BCUT2D eigenvalue weighted by molar-refractivity contribution is -0.148. The summed E-state index contributed by atoms with van der Waals surface area (Å²) in [6.07, 6.45) is 0.183. The second kappa shape index (κ2) is 6.55. The van der Waals surface area contributed by atoms with Gasteiger partial charge in [-0.25, -0.2) is 5.01 Å². The molecule has 0 saturated carbocycles. The number of carboxylic acids is 1. The van der Waals surface area contributed by atoms with Gasteiger partial charge in [-0.2, -0.15) is 0 Å². The second-order valence-corrected chi connectivity index (χ2v) is 6.84. The number of hydrazine groups is 1. The van der Waals surface area contributed by atoms with E-state index in [1.807, 2.05) is 24.3 Å². The van der Waals surface area contributed by atoms with Crippen molar-refractivity contribution < 1.29 is 19.4 Å². The summed E-state index contributed by atoms with van der Waals surface area (Å²) in [5, 5.41) is 10.3. The number of carboxylic acid groups (broad SMARTS) is 1. The Balaban J connectivity index is 1.49. The van der Waals surface area contributed by atoms with Crippen LogP contribution in [0.3, 0.4) is 0 Å². The van der Waals surface area contributed by atoms with Crippen LogP contribution in [0.1, 0.15) is 23.5 Å². The lowest BCUT2D eigenvalue weighted by atomic mass is 9.98. The summed E-state index contributed by atoms with van der Waals surface area (Å²) in [5.74, 6) is 3.79. The predicted octanol–water partition coefficient (Wildman–Crippen LogP) is 1.99. The smallest absolute Gasteiger partial charge is 0.322 e. The number of nitrogens with two attached hydrogens (primary N) is 1. The maximum Gasteiger partial charge on any atom is 0.322 e. The highest BCUT2D eigenvalue weighted by atomic mass is 16.5. The molecule has 0 amide bonds. The number of ether oxygens (including phenoxy) is 1. The average molecular weight is 352 g/mol. The predicted molar refractivity (Wildman–Crippen MR) is 95.1 cm³/mol. The van der Waals surface area contributed by atoms with E-state index in [4.69, 9.17) is 15.7 Å². The minimum Gasteiger partial charge on any atom is -0.480 e. The van der Waals surface area contributed by atoms with Crippen LogP contribution in [0.4, 0.5) is 0 Å². The van der Waals surface area contributed by atoms with Crippen molar-refractivity contribution in [2.24, 2.45) is 11.8 Å². The molecule has 0 bridgehead atoms. The lowest BCUT2D eigenvalue weighted by Crippen LogP contribution is -2.41. The number of nitrogens with zero attached hydrogens (tertiary/aromatic N) is 1. The molecule has 1 aliphatic heterocycles. The fraction of sp³-hybridized carbons (Fsp3) is 0.300. The molecule has 2 aliphatic rings. The summed E-state index contributed by atoms with van der Waals surface area (Å²) in [6, 6.07) is 15.4. The number of carbonyl (C=O) groups is 2. The molecule has 0 radical (unpaired) electrons. The molecule has 4 rings (SSSR count). The molecule has 26 heavy (non-hydrogen) atoms. The van der Waals surface area contributed by atoms with E-state index < -0.39 is 17.9 Å². The first-order chi connectivity index (χ1) is 12.6. The molecule has 2 aromatic rings. The summed E-state index contributed by atoms with van der Waals surface area (Å²) in [4.78, 5) is 23.6.